The number of amides is 1. The number of hydrogen-bond donors (Lipinski definition) is 1. The van der Waals surface area contributed by atoms with Gasteiger partial charge in [-0.2, -0.15) is 18.3 Å². The zero-order chi connectivity index (χ0) is 19.2. The highest BCUT2D eigenvalue weighted by molar-refractivity contribution is 5.86. The highest BCUT2D eigenvalue weighted by Crippen LogP contribution is 2.31. The van der Waals surface area contributed by atoms with Crippen LogP contribution in [-0.2, 0) is 16.1 Å². The lowest BCUT2D eigenvalue weighted by molar-refractivity contribution is -0.150. The maximum Gasteiger partial charge on any atom is 0.408 e. The molecule has 2 rings (SSSR count). The summed E-state index contributed by atoms with van der Waals surface area (Å²) in [6.07, 6.45) is -4.76. The SMILES string of the molecule is Cc1nn(CC(F)(F)F)c(C)c1C(C)C(=O)N1CCC(F)(C(=O)O)C1. The number of hydrogen-bond acceptors (Lipinski definition) is 3. The fourth-order valence-electron chi connectivity index (χ4n) is 3.19. The van der Waals surface area contributed by atoms with Crippen molar-refractivity contribution in [1.82, 2.24) is 14.7 Å². The number of likely N-dealkylation sites (tertiary alicyclic amines) is 1. The fraction of sp³-hybridized carbons (Fsp3) is 0.667. The van der Waals surface area contributed by atoms with Gasteiger partial charge in [-0.3, -0.25) is 9.48 Å². The van der Waals surface area contributed by atoms with Crippen LogP contribution in [0.3, 0.4) is 0 Å². The number of rotatable bonds is 4. The van der Waals surface area contributed by atoms with Crippen molar-refractivity contribution in [3.05, 3.63) is 17.0 Å². The van der Waals surface area contributed by atoms with Crippen molar-refractivity contribution in [2.24, 2.45) is 0 Å². The molecule has 1 N–H and O–H groups in total. The van der Waals surface area contributed by atoms with Gasteiger partial charge in [0, 0.05) is 24.2 Å². The summed E-state index contributed by atoms with van der Waals surface area (Å²) < 4.78 is 52.7. The largest absolute Gasteiger partial charge is 0.479 e. The molecule has 140 valence electrons. The van der Waals surface area contributed by atoms with Crippen molar-refractivity contribution in [2.45, 2.75) is 51.5 Å². The molecule has 10 heteroatoms. The van der Waals surface area contributed by atoms with Crippen LogP contribution in [0.2, 0.25) is 0 Å². The summed E-state index contributed by atoms with van der Waals surface area (Å²) in [4.78, 5) is 24.6. The highest BCUT2D eigenvalue weighted by Gasteiger charge is 2.47. The second kappa shape index (κ2) is 6.30. The van der Waals surface area contributed by atoms with Crippen LogP contribution < -0.4 is 0 Å². The Labute approximate surface area is 141 Å². The number of aromatic nitrogens is 2. The Bertz CT molecular complexity index is 701. The van der Waals surface area contributed by atoms with Crippen LogP contribution in [0.5, 0.6) is 0 Å². The van der Waals surface area contributed by atoms with E-state index >= 15 is 0 Å². The second-order valence-corrected chi connectivity index (χ2v) is 6.36. The van der Waals surface area contributed by atoms with Gasteiger partial charge in [-0.1, -0.05) is 0 Å². The number of aliphatic carboxylic acids is 1. The molecule has 1 aliphatic rings. The van der Waals surface area contributed by atoms with Crippen molar-refractivity contribution in [2.75, 3.05) is 13.1 Å². The molecular weight excluding hydrogens is 346 g/mol. The fourth-order valence-corrected chi connectivity index (χ4v) is 3.19. The molecule has 2 heterocycles. The molecule has 0 spiro atoms. The van der Waals surface area contributed by atoms with Crippen molar-refractivity contribution in [1.29, 1.82) is 0 Å². The number of alkyl halides is 4. The minimum atomic E-state index is -4.45. The zero-order valence-corrected chi connectivity index (χ0v) is 14.0. The van der Waals surface area contributed by atoms with E-state index in [2.05, 4.69) is 5.10 Å². The molecule has 0 saturated carbocycles. The van der Waals surface area contributed by atoms with E-state index in [1.165, 1.54) is 20.8 Å². The molecule has 6 nitrogen and oxygen atoms in total. The Morgan fingerprint density at radius 3 is 2.44 bits per heavy atom. The molecule has 1 saturated heterocycles. The molecular formula is C15H19F4N3O3. The Morgan fingerprint density at radius 2 is 1.96 bits per heavy atom. The van der Waals surface area contributed by atoms with E-state index in [4.69, 9.17) is 5.11 Å². The smallest absolute Gasteiger partial charge is 0.408 e. The van der Waals surface area contributed by atoms with Gasteiger partial charge in [-0.15, -0.1) is 0 Å². The topological polar surface area (TPSA) is 75.4 Å². The average Bonchev–Trinajstić information content (AvgIpc) is 2.99. The normalized spacial score (nSPS) is 22.3. The number of carboxylic acid groups (broad SMARTS) is 1. The molecule has 1 amide bonds. The number of halogens is 4. The maximum absolute atomic E-state index is 14.1. The van der Waals surface area contributed by atoms with E-state index in [1.807, 2.05) is 0 Å². The lowest BCUT2D eigenvalue weighted by Crippen LogP contribution is -2.40. The van der Waals surface area contributed by atoms with Crippen LogP contribution in [0.25, 0.3) is 0 Å². The molecule has 1 aliphatic heterocycles. The minimum absolute atomic E-state index is 0.0548. The van der Waals surface area contributed by atoms with E-state index in [-0.39, 0.29) is 24.4 Å². The molecule has 25 heavy (non-hydrogen) atoms. The Kier molecular flexibility index (Phi) is 4.84. The quantitative estimate of drug-likeness (QED) is 0.830. The first-order chi connectivity index (χ1) is 11.4. The van der Waals surface area contributed by atoms with Crippen LogP contribution >= 0.6 is 0 Å². The minimum Gasteiger partial charge on any atom is -0.479 e. The first-order valence-corrected chi connectivity index (χ1v) is 7.67. The van der Waals surface area contributed by atoms with Gasteiger partial charge in [0.05, 0.1) is 18.2 Å². The van der Waals surface area contributed by atoms with Gasteiger partial charge in [-0.25, -0.2) is 9.18 Å². The molecule has 1 aromatic rings. The number of aryl methyl sites for hydroxylation is 1. The van der Waals surface area contributed by atoms with Gasteiger partial charge < -0.3 is 10.0 Å². The third-order valence-corrected chi connectivity index (χ3v) is 4.48. The predicted octanol–water partition coefficient (Wildman–Crippen LogP) is 2.19. The van der Waals surface area contributed by atoms with Crippen LogP contribution in [-0.4, -0.2) is 56.6 Å². The highest BCUT2D eigenvalue weighted by atomic mass is 19.4. The number of carboxylic acids is 1. The zero-order valence-electron chi connectivity index (χ0n) is 14.0. The molecule has 1 fully saturated rings. The van der Waals surface area contributed by atoms with Crippen LogP contribution in [0.4, 0.5) is 17.6 Å². The first-order valence-electron chi connectivity index (χ1n) is 7.67. The van der Waals surface area contributed by atoms with Gasteiger partial charge in [0.15, 0.2) is 0 Å². The van der Waals surface area contributed by atoms with E-state index in [9.17, 15) is 27.2 Å². The average molecular weight is 365 g/mol. The van der Waals surface area contributed by atoms with Gasteiger partial charge >= 0.3 is 12.1 Å². The lowest BCUT2D eigenvalue weighted by atomic mass is 9.97. The van der Waals surface area contributed by atoms with Gasteiger partial charge in [0.2, 0.25) is 11.6 Å². The maximum atomic E-state index is 14.1. The van der Waals surface area contributed by atoms with E-state index in [1.54, 1.807) is 0 Å². The van der Waals surface area contributed by atoms with Crippen molar-refractivity contribution in [3.8, 4) is 0 Å². The number of carbonyl (C=O) groups excluding carboxylic acids is 1. The van der Waals surface area contributed by atoms with Crippen LogP contribution in [0, 0.1) is 13.8 Å². The first kappa shape index (κ1) is 19.2. The van der Waals surface area contributed by atoms with Crippen molar-refractivity contribution >= 4 is 11.9 Å². The molecule has 1 aromatic heterocycles. The number of carbonyl (C=O) groups is 2. The van der Waals surface area contributed by atoms with Crippen molar-refractivity contribution in [3.63, 3.8) is 0 Å². The van der Waals surface area contributed by atoms with Gasteiger partial charge in [0.1, 0.15) is 6.54 Å². The van der Waals surface area contributed by atoms with E-state index < -0.39 is 42.7 Å². The summed E-state index contributed by atoms with van der Waals surface area (Å²) in [7, 11) is 0. The summed E-state index contributed by atoms with van der Waals surface area (Å²) in [5.41, 5.74) is -1.65. The van der Waals surface area contributed by atoms with Crippen LogP contribution in [0.15, 0.2) is 0 Å². The third kappa shape index (κ3) is 3.77. The number of nitrogens with zero attached hydrogens (tertiary/aromatic N) is 3. The van der Waals surface area contributed by atoms with Gasteiger partial charge in [-0.05, 0) is 20.8 Å². The molecule has 0 aromatic carbocycles. The Balaban J connectivity index is 2.22. The van der Waals surface area contributed by atoms with E-state index in [0.29, 0.717) is 5.56 Å². The van der Waals surface area contributed by atoms with Crippen LogP contribution in [0.1, 0.15) is 36.2 Å². The second-order valence-electron chi connectivity index (χ2n) is 6.36. The molecule has 2 atom stereocenters. The van der Waals surface area contributed by atoms with Gasteiger partial charge in [0.25, 0.3) is 0 Å². The summed E-state index contributed by atoms with van der Waals surface area (Å²) in [6.45, 7) is 2.54. The third-order valence-electron chi connectivity index (χ3n) is 4.48. The monoisotopic (exact) mass is 365 g/mol. The molecule has 0 radical (unpaired) electrons. The lowest BCUT2D eigenvalue weighted by Gasteiger charge is -2.22. The van der Waals surface area contributed by atoms with Crippen molar-refractivity contribution < 1.29 is 32.3 Å². The molecule has 2 unspecified atom stereocenters. The molecule has 0 aliphatic carbocycles. The van der Waals surface area contributed by atoms with E-state index in [0.717, 1.165) is 9.58 Å². The summed E-state index contributed by atoms with van der Waals surface area (Å²) >= 11 is 0. The standard InChI is InChI=1S/C15H19F4N3O3/c1-8(12(23)21-5-4-14(16,6-21)13(24)25)11-9(2)20-22(10(11)3)7-15(17,18)19/h8H,4-7H2,1-3H3,(H,24,25). The molecule has 0 bridgehead atoms. The predicted molar refractivity (Wildman–Crippen MR) is 78.8 cm³/mol. The summed E-state index contributed by atoms with van der Waals surface area (Å²) in [5, 5.41) is 12.7. The Morgan fingerprint density at radius 1 is 1.36 bits per heavy atom. The summed E-state index contributed by atoms with van der Waals surface area (Å²) in [6, 6.07) is 0. The Hall–Kier alpha value is -2.13. The summed E-state index contributed by atoms with van der Waals surface area (Å²) in [5.74, 6) is -3.00.